The lowest BCUT2D eigenvalue weighted by Crippen LogP contribution is -2.32. The Labute approximate surface area is 109 Å². The molecular weight excluding hydrogens is 248 g/mol. The molecule has 0 unspecified atom stereocenters. The van der Waals surface area contributed by atoms with Crippen LogP contribution in [-0.4, -0.2) is 17.7 Å². The summed E-state index contributed by atoms with van der Waals surface area (Å²) in [6.07, 6.45) is -0.694. The third kappa shape index (κ3) is 3.58. The second-order valence-electron chi connectivity index (χ2n) is 3.74. The Morgan fingerprint density at radius 3 is 2.67 bits per heavy atom. The molecule has 4 nitrogen and oxygen atoms in total. The van der Waals surface area contributed by atoms with Crippen LogP contribution in [0.5, 0.6) is 0 Å². The molecule has 0 bridgehead atoms. The zero-order valence-electron chi connectivity index (χ0n) is 9.67. The average molecular weight is 262 g/mol. The molecule has 2 amide bonds. The van der Waals surface area contributed by atoms with E-state index in [4.69, 9.17) is 0 Å². The second-order valence-corrected chi connectivity index (χ2v) is 4.69. The van der Waals surface area contributed by atoms with Gasteiger partial charge in [0.2, 0.25) is 0 Å². The predicted octanol–water partition coefficient (Wildman–Crippen LogP) is 2.60. The molecule has 0 aliphatic rings. The van der Waals surface area contributed by atoms with Gasteiger partial charge < -0.3 is 10.4 Å². The van der Waals surface area contributed by atoms with Crippen molar-refractivity contribution in [2.75, 3.05) is 11.9 Å². The SMILES string of the molecule is O=C(NC[C@@H](O)c1ccccc1)Nc1cccs1. The number of anilines is 1. The van der Waals surface area contributed by atoms with E-state index in [1.54, 1.807) is 0 Å². The lowest BCUT2D eigenvalue weighted by atomic mass is 10.1. The van der Waals surface area contributed by atoms with Crippen molar-refractivity contribution in [3.05, 3.63) is 53.4 Å². The van der Waals surface area contributed by atoms with Gasteiger partial charge in [0.25, 0.3) is 0 Å². The van der Waals surface area contributed by atoms with Gasteiger partial charge in [0, 0.05) is 6.54 Å². The molecule has 0 aliphatic heterocycles. The van der Waals surface area contributed by atoms with Gasteiger partial charge in [-0.05, 0) is 23.1 Å². The summed E-state index contributed by atoms with van der Waals surface area (Å²) in [5, 5.41) is 17.8. The quantitative estimate of drug-likeness (QED) is 0.793. The van der Waals surface area contributed by atoms with Gasteiger partial charge in [-0.3, -0.25) is 5.32 Å². The van der Waals surface area contributed by atoms with Crippen LogP contribution in [0.2, 0.25) is 0 Å². The minimum atomic E-state index is -0.694. The topological polar surface area (TPSA) is 61.4 Å². The fraction of sp³-hybridized carbons (Fsp3) is 0.154. The first-order valence-corrected chi connectivity index (χ1v) is 6.45. The molecule has 2 rings (SSSR count). The van der Waals surface area contributed by atoms with Crippen molar-refractivity contribution in [1.82, 2.24) is 5.32 Å². The monoisotopic (exact) mass is 262 g/mol. The normalized spacial score (nSPS) is 11.8. The zero-order valence-corrected chi connectivity index (χ0v) is 10.5. The first-order valence-electron chi connectivity index (χ1n) is 5.57. The van der Waals surface area contributed by atoms with Crippen molar-refractivity contribution >= 4 is 22.4 Å². The molecule has 0 fully saturated rings. The molecule has 1 aromatic heterocycles. The lowest BCUT2D eigenvalue weighted by molar-refractivity contribution is 0.175. The van der Waals surface area contributed by atoms with Gasteiger partial charge in [-0.25, -0.2) is 4.79 Å². The molecule has 0 spiro atoms. The molecule has 1 atom stereocenters. The minimum Gasteiger partial charge on any atom is -0.387 e. The number of thiophene rings is 1. The van der Waals surface area contributed by atoms with E-state index in [2.05, 4.69) is 10.6 Å². The van der Waals surface area contributed by atoms with Gasteiger partial charge in [0.1, 0.15) is 0 Å². The van der Waals surface area contributed by atoms with Crippen LogP contribution < -0.4 is 10.6 Å². The van der Waals surface area contributed by atoms with E-state index in [1.165, 1.54) is 11.3 Å². The summed E-state index contributed by atoms with van der Waals surface area (Å²) in [5.74, 6) is 0. The van der Waals surface area contributed by atoms with E-state index in [9.17, 15) is 9.90 Å². The third-order valence-electron chi connectivity index (χ3n) is 2.40. The highest BCUT2D eigenvalue weighted by Crippen LogP contribution is 2.15. The van der Waals surface area contributed by atoms with Crippen LogP contribution in [-0.2, 0) is 0 Å². The zero-order chi connectivity index (χ0) is 12.8. The van der Waals surface area contributed by atoms with Crippen LogP contribution in [0.15, 0.2) is 47.8 Å². The van der Waals surface area contributed by atoms with Crippen molar-refractivity contribution in [3.8, 4) is 0 Å². The van der Waals surface area contributed by atoms with Crippen molar-refractivity contribution in [2.24, 2.45) is 0 Å². The molecule has 1 aromatic carbocycles. The lowest BCUT2D eigenvalue weighted by Gasteiger charge is -2.12. The number of hydrogen-bond donors (Lipinski definition) is 3. The molecule has 0 radical (unpaired) electrons. The standard InChI is InChI=1S/C13H14N2O2S/c16-11(10-5-2-1-3-6-10)9-14-13(17)15-12-7-4-8-18-12/h1-8,11,16H,9H2,(H2,14,15,17)/t11-/m1/s1. The van der Waals surface area contributed by atoms with Crippen LogP contribution in [0.1, 0.15) is 11.7 Å². The number of aliphatic hydroxyl groups excluding tert-OH is 1. The minimum absolute atomic E-state index is 0.182. The van der Waals surface area contributed by atoms with Gasteiger partial charge in [-0.2, -0.15) is 0 Å². The van der Waals surface area contributed by atoms with E-state index in [-0.39, 0.29) is 12.6 Å². The summed E-state index contributed by atoms with van der Waals surface area (Å²) >= 11 is 1.45. The first-order chi connectivity index (χ1) is 8.75. The molecule has 0 aliphatic carbocycles. The van der Waals surface area contributed by atoms with Crippen molar-refractivity contribution in [3.63, 3.8) is 0 Å². The summed E-state index contributed by atoms with van der Waals surface area (Å²) in [6, 6.07) is 12.6. The highest BCUT2D eigenvalue weighted by Gasteiger charge is 2.08. The van der Waals surface area contributed by atoms with Crippen LogP contribution >= 0.6 is 11.3 Å². The Balaban J connectivity index is 1.79. The molecule has 2 aromatic rings. The summed E-state index contributed by atoms with van der Waals surface area (Å²) in [4.78, 5) is 11.5. The maximum atomic E-state index is 11.5. The van der Waals surface area contributed by atoms with Gasteiger partial charge in [0.05, 0.1) is 11.1 Å². The Morgan fingerprint density at radius 1 is 1.22 bits per heavy atom. The highest BCUT2D eigenvalue weighted by molar-refractivity contribution is 7.14. The van der Waals surface area contributed by atoms with Crippen molar-refractivity contribution in [2.45, 2.75) is 6.10 Å². The molecule has 3 N–H and O–H groups in total. The molecule has 0 saturated carbocycles. The summed E-state index contributed by atoms with van der Waals surface area (Å²) < 4.78 is 0. The number of amides is 2. The third-order valence-corrected chi connectivity index (χ3v) is 3.18. The molecular formula is C13H14N2O2S. The van der Waals surface area contributed by atoms with Gasteiger partial charge in [-0.15, -0.1) is 11.3 Å². The Kier molecular flexibility index (Phi) is 4.33. The average Bonchev–Trinajstić information content (AvgIpc) is 2.90. The van der Waals surface area contributed by atoms with Gasteiger partial charge in [0.15, 0.2) is 0 Å². The predicted molar refractivity (Wildman–Crippen MR) is 72.7 cm³/mol. The Morgan fingerprint density at radius 2 is 2.00 bits per heavy atom. The Hall–Kier alpha value is -1.85. The molecule has 0 saturated heterocycles. The molecule has 1 heterocycles. The van der Waals surface area contributed by atoms with Crippen LogP contribution in [0.3, 0.4) is 0 Å². The number of hydrogen-bond acceptors (Lipinski definition) is 3. The molecule has 94 valence electrons. The fourth-order valence-electron chi connectivity index (χ4n) is 1.49. The Bertz CT molecular complexity index is 485. The summed E-state index contributed by atoms with van der Waals surface area (Å²) in [7, 11) is 0. The van der Waals surface area contributed by atoms with Crippen LogP contribution in [0.4, 0.5) is 9.80 Å². The number of benzene rings is 1. The molecule has 5 heteroatoms. The van der Waals surface area contributed by atoms with E-state index >= 15 is 0 Å². The summed E-state index contributed by atoms with van der Waals surface area (Å²) in [5.41, 5.74) is 0.786. The van der Waals surface area contributed by atoms with Crippen LogP contribution in [0, 0.1) is 0 Å². The summed E-state index contributed by atoms with van der Waals surface area (Å²) in [6.45, 7) is 0.182. The van der Waals surface area contributed by atoms with E-state index in [1.807, 2.05) is 47.8 Å². The number of carbonyl (C=O) groups is 1. The maximum absolute atomic E-state index is 11.5. The smallest absolute Gasteiger partial charge is 0.319 e. The second kappa shape index (κ2) is 6.18. The van der Waals surface area contributed by atoms with Crippen LogP contribution in [0.25, 0.3) is 0 Å². The highest BCUT2D eigenvalue weighted by atomic mass is 32.1. The number of rotatable bonds is 4. The first kappa shape index (κ1) is 12.6. The number of carbonyl (C=O) groups excluding carboxylic acids is 1. The number of nitrogens with one attached hydrogen (secondary N) is 2. The van der Waals surface area contributed by atoms with E-state index < -0.39 is 6.10 Å². The van der Waals surface area contributed by atoms with Gasteiger partial charge in [-0.1, -0.05) is 30.3 Å². The van der Waals surface area contributed by atoms with E-state index in [0.29, 0.717) is 0 Å². The van der Waals surface area contributed by atoms with Gasteiger partial charge >= 0.3 is 6.03 Å². The number of aliphatic hydroxyl groups is 1. The largest absolute Gasteiger partial charge is 0.387 e. The maximum Gasteiger partial charge on any atom is 0.319 e. The van der Waals surface area contributed by atoms with Crippen molar-refractivity contribution in [1.29, 1.82) is 0 Å². The van der Waals surface area contributed by atoms with E-state index in [0.717, 1.165) is 10.6 Å². The number of urea groups is 1. The fourth-order valence-corrected chi connectivity index (χ4v) is 2.10. The van der Waals surface area contributed by atoms with Crippen molar-refractivity contribution < 1.29 is 9.90 Å². The molecule has 18 heavy (non-hydrogen) atoms.